The molecule has 0 amide bonds. The van der Waals surface area contributed by atoms with Crippen LogP contribution in [0.5, 0.6) is 5.75 Å². The standard InChI is InChI=1S/C14H20ClNO3S/c1-19-13-7-6-12(11-15)10-14(13)20(17,18)16-8-4-2-3-5-9-16/h6-7,10H,2-5,8-9,11H2,1H3. The van der Waals surface area contributed by atoms with Crippen molar-refractivity contribution < 1.29 is 13.2 Å². The second kappa shape index (κ2) is 6.78. The first-order valence-corrected chi connectivity index (χ1v) is 8.80. The maximum atomic E-state index is 12.8. The Morgan fingerprint density at radius 2 is 1.85 bits per heavy atom. The lowest BCUT2D eigenvalue weighted by atomic mass is 10.2. The molecule has 1 aromatic carbocycles. The lowest BCUT2D eigenvalue weighted by Gasteiger charge is -2.21. The molecule has 6 heteroatoms. The van der Waals surface area contributed by atoms with Crippen LogP contribution in [-0.4, -0.2) is 32.9 Å². The first-order chi connectivity index (χ1) is 9.59. The highest BCUT2D eigenvalue weighted by molar-refractivity contribution is 7.89. The van der Waals surface area contributed by atoms with E-state index in [0.29, 0.717) is 18.8 Å². The molecular weight excluding hydrogens is 298 g/mol. The normalized spacial score (nSPS) is 17.7. The smallest absolute Gasteiger partial charge is 0.246 e. The number of ether oxygens (including phenoxy) is 1. The minimum absolute atomic E-state index is 0.222. The van der Waals surface area contributed by atoms with Gasteiger partial charge < -0.3 is 4.74 Å². The predicted octanol–water partition coefficient (Wildman–Crippen LogP) is 3.00. The maximum Gasteiger partial charge on any atom is 0.246 e. The van der Waals surface area contributed by atoms with Gasteiger partial charge in [0.15, 0.2) is 0 Å². The molecule has 0 unspecified atom stereocenters. The van der Waals surface area contributed by atoms with Crippen molar-refractivity contribution >= 4 is 21.6 Å². The third kappa shape index (κ3) is 3.27. The zero-order valence-corrected chi connectivity index (χ0v) is 13.2. The quantitative estimate of drug-likeness (QED) is 0.802. The highest BCUT2D eigenvalue weighted by Crippen LogP contribution is 2.29. The predicted molar refractivity (Wildman–Crippen MR) is 79.8 cm³/mol. The number of benzene rings is 1. The molecule has 112 valence electrons. The molecule has 0 bridgehead atoms. The zero-order chi connectivity index (χ0) is 14.6. The summed E-state index contributed by atoms with van der Waals surface area (Å²) < 4.78 is 32.4. The van der Waals surface area contributed by atoms with Gasteiger partial charge in [-0.1, -0.05) is 18.9 Å². The van der Waals surface area contributed by atoms with Gasteiger partial charge in [-0.3, -0.25) is 0 Å². The Hall–Kier alpha value is -0.780. The summed E-state index contributed by atoms with van der Waals surface area (Å²) >= 11 is 5.81. The molecule has 1 heterocycles. The van der Waals surface area contributed by atoms with Gasteiger partial charge in [0.1, 0.15) is 10.6 Å². The molecule has 1 aliphatic heterocycles. The van der Waals surface area contributed by atoms with E-state index in [1.165, 1.54) is 7.11 Å². The van der Waals surface area contributed by atoms with Gasteiger partial charge in [-0.2, -0.15) is 4.31 Å². The SMILES string of the molecule is COc1ccc(CCl)cc1S(=O)(=O)N1CCCCCC1. The lowest BCUT2D eigenvalue weighted by molar-refractivity contribution is 0.391. The summed E-state index contributed by atoms with van der Waals surface area (Å²) in [6.45, 7) is 1.16. The molecule has 4 nitrogen and oxygen atoms in total. The summed E-state index contributed by atoms with van der Waals surface area (Å²) in [5.74, 6) is 0.662. The van der Waals surface area contributed by atoms with Gasteiger partial charge in [0, 0.05) is 19.0 Å². The topological polar surface area (TPSA) is 46.6 Å². The molecule has 1 aliphatic rings. The number of hydrogen-bond acceptors (Lipinski definition) is 3. The molecule has 1 saturated heterocycles. The maximum absolute atomic E-state index is 12.8. The van der Waals surface area contributed by atoms with E-state index in [2.05, 4.69) is 0 Å². The Kier molecular flexibility index (Phi) is 5.29. The molecule has 0 atom stereocenters. The molecule has 2 rings (SSSR count). The Balaban J connectivity index is 2.41. The van der Waals surface area contributed by atoms with E-state index in [0.717, 1.165) is 31.2 Å². The number of rotatable bonds is 4. The van der Waals surface area contributed by atoms with Crippen LogP contribution in [0.15, 0.2) is 23.1 Å². The van der Waals surface area contributed by atoms with Gasteiger partial charge in [-0.15, -0.1) is 11.6 Å². The van der Waals surface area contributed by atoms with Crippen LogP contribution < -0.4 is 4.74 Å². The fourth-order valence-electron chi connectivity index (χ4n) is 2.43. The van der Waals surface area contributed by atoms with E-state index < -0.39 is 10.0 Å². The fourth-order valence-corrected chi connectivity index (χ4v) is 4.32. The van der Waals surface area contributed by atoms with E-state index in [9.17, 15) is 8.42 Å². The van der Waals surface area contributed by atoms with Crippen LogP contribution in [0.25, 0.3) is 0 Å². The van der Waals surface area contributed by atoms with Crippen LogP contribution in [0, 0.1) is 0 Å². The summed E-state index contributed by atoms with van der Waals surface area (Å²) in [4.78, 5) is 0.222. The van der Waals surface area contributed by atoms with Gasteiger partial charge in [-0.05, 0) is 30.5 Å². The summed E-state index contributed by atoms with van der Waals surface area (Å²) in [6, 6.07) is 5.07. The van der Waals surface area contributed by atoms with Crippen molar-refractivity contribution in [3.05, 3.63) is 23.8 Å². The third-order valence-electron chi connectivity index (χ3n) is 3.57. The Morgan fingerprint density at radius 3 is 2.40 bits per heavy atom. The minimum atomic E-state index is -3.51. The Bertz CT molecular complexity index is 552. The molecule has 20 heavy (non-hydrogen) atoms. The van der Waals surface area contributed by atoms with Crippen molar-refractivity contribution in [2.45, 2.75) is 36.5 Å². The fraction of sp³-hybridized carbons (Fsp3) is 0.571. The van der Waals surface area contributed by atoms with Crippen molar-refractivity contribution in [3.63, 3.8) is 0 Å². The lowest BCUT2D eigenvalue weighted by Crippen LogP contribution is -2.32. The van der Waals surface area contributed by atoms with Gasteiger partial charge >= 0.3 is 0 Å². The van der Waals surface area contributed by atoms with Gasteiger partial charge in [0.2, 0.25) is 10.0 Å². The van der Waals surface area contributed by atoms with Crippen molar-refractivity contribution in [3.8, 4) is 5.75 Å². The number of halogens is 1. The van der Waals surface area contributed by atoms with Crippen molar-refractivity contribution in [2.75, 3.05) is 20.2 Å². The van der Waals surface area contributed by atoms with E-state index in [1.54, 1.807) is 22.5 Å². The molecule has 0 radical (unpaired) electrons. The van der Waals surface area contributed by atoms with E-state index in [1.807, 2.05) is 0 Å². The Labute approximate surface area is 125 Å². The van der Waals surface area contributed by atoms with Crippen LogP contribution in [0.3, 0.4) is 0 Å². The van der Waals surface area contributed by atoms with Crippen LogP contribution in [0.2, 0.25) is 0 Å². The van der Waals surface area contributed by atoms with Crippen LogP contribution in [0.1, 0.15) is 31.2 Å². The monoisotopic (exact) mass is 317 g/mol. The molecule has 0 aromatic heterocycles. The first-order valence-electron chi connectivity index (χ1n) is 6.82. The van der Waals surface area contributed by atoms with Crippen LogP contribution >= 0.6 is 11.6 Å². The Morgan fingerprint density at radius 1 is 1.20 bits per heavy atom. The van der Waals surface area contributed by atoms with Gasteiger partial charge in [-0.25, -0.2) is 8.42 Å². The molecule has 0 saturated carbocycles. The van der Waals surface area contributed by atoms with Crippen LogP contribution in [-0.2, 0) is 15.9 Å². The molecular formula is C14H20ClNO3S. The van der Waals surface area contributed by atoms with E-state index >= 15 is 0 Å². The average Bonchev–Trinajstić information content (AvgIpc) is 2.76. The highest BCUT2D eigenvalue weighted by Gasteiger charge is 2.28. The highest BCUT2D eigenvalue weighted by atomic mass is 35.5. The van der Waals surface area contributed by atoms with Gasteiger partial charge in [0.05, 0.1) is 7.11 Å². The molecule has 1 fully saturated rings. The second-order valence-corrected chi connectivity index (χ2v) is 7.11. The molecule has 0 N–H and O–H groups in total. The van der Waals surface area contributed by atoms with E-state index in [-0.39, 0.29) is 10.8 Å². The van der Waals surface area contributed by atoms with Crippen molar-refractivity contribution in [1.82, 2.24) is 4.31 Å². The summed E-state index contributed by atoms with van der Waals surface area (Å²) in [5, 5.41) is 0. The molecule has 0 aliphatic carbocycles. The number of sulfonamides is 1. The summed E-state index contributed by atoms with van der Waals surface area (Å²) in [6.07, 6.45) is 4.00. The zero-order valence-electron chi connectivity index (χ0n) is 11.6. The first kappa shape index (κ1) is 15.6. The average molecular weight is 318 g/mol. The second-order valence-electron chi connectivity index (χ2n) is 4.94. The largest absolute Gasteiger partial charge is 0.495 e. The summed E-state index contributed by atoms with van der Waals surface area (Å²) in [5.41, 5.74) is 0.779. The molecule has 1 aromatic rings. The number of hydrogen-bond donors (Lipinski definition) is 0. The van der Waals surface area contributed by atoms with E-state index in [4.69, 9.17) is 16.3 Å². The molecule has 0 spiro atoms. The number of alkyl halides is 1. The van der Waals surface area contributed by atoms with Crippen LogP contribution in [0.4, 0.5) is 0 Å². The summed E-state index contributed by atoms with van der Waals surface area (Å²) in [7, 11) is -2.03. The minimum Gasteiger partial charge on any atom is -0.495 e. The number of methoxy groups -OCH3 is 1. The van der Waals surface area contributed by atoms with Gasteiger partial charge in [0.25, 0.3) is 0 Å². The van der Waals surface area contributed by atoms with Crippen molar-refractivity contribution in [1.29, 1.82) is 0 Å². The number of nitrogens with zero attached hydrogens (tertiary/aromatic N) is 1. The third-order valence-corrected chi connectivity index (χ3v) is 5.79. The van der Waals surface area contributed by atoms with Crippen molar-refractivity contribution in [2.24, 2.45) is 0 Å².